The maximum atomic E-state index is 11.8. The number of benzene rings is 1. The molecule has 1 heterocycles. The van der Waals surface area contributed by atoms with Crippen molar-refractivity contribution in [2.75, 3.05) is 18.4 Å². The van der Waals surface area contributed by atoms with E-state index in [-0.39, 0.29) is 5.91 Å². The number of hydrogen-bond acceptors (Lipinski definition) is 3. The van der Waals surface area contributed by atoms with Crippen molar-refractivity contribution in [1.82, 2.24) is 4.90 Å². The summed E-state index contributed by atoms with van der Waals surface area (Å²) in [6.07, 6.45) is 2.40. The second kappa shape index (κ2) is 6.68. The predicted molar refractivity (Wildman–Crippen MR) is 77.8 cm³/mol. The first-order chi connectivity index (χ1) is 9.24. The van der Waals surface area contributed by atoms with Crippen LogP contribution in [0.3, 0.4) is 0 Å². The minimum Gasteiger partial charge on any atom is -0.330 e. The Labute approximate surface area is 115 Å². The number of nitrogens with zero attached hydrogens (tertiary/aromatic N) is 1. The first-order valence-electron chi connectivity index (χ1n) is 7.07. The summed E-state index contributed by atoms with van der Waals surface area (Å²) < 4.78 is 0. The van der Waals surface area contributed by atoms with E-state index in [2.05, 4.69) is 23.2 Å². The number of rotatable bonds is 6. The number of nitrogens with two attached hydrogens (primary N) is 1. The van der Waals surface area contributed by atoms with Crippen LogP contribution in [0.1, 0.15) is 37.3 Å². The van der Waals surface area contributed by atoms with E-state index in [1.165, 1.54) is 11.1 Å². The van der Waals surface area contributed by atoms with Crippen LogP contribution in [0.25, 0.3) is 0 Å². The maximum absolute atomic E-state index is 11.8. The molecule has 1 aromatic rings. The smallest absolute Gasteiger partial charge is 0.224 e. The number of fused-ring (bicyclic) bond motifs is 1. The number of amides is 1. The molecule has 0 radical (unpaired) electrons. The summed E-state index contributed by atoms with van der Waals surface area (Å²) in [5, 5.41) is 3.02. The Morgan fingerprint density at radius 2 is 2.26 bits per heavy atom. The SMILES string of the molecule is CCCN1Cc2cccc(NC(=O)CCCN)c2C1. The van der Waals surface area contributed by atoms with Gasteiger partial charge in [-0.25, -0.2) is 0 Å². The summed E-state index contributed by atoms with van der Waals surface area (Å²) in [6.45, 7) is 5.80. The van der Waals surface area contributed by atoms with Crippen LogP contribution in [0.4, 0.5) is 5.69 Å². The molecule has 1 aliphatic heterocycles. The molecule has 0 unspecified atom stereocenters. The average Bonchev–Trinajstić information content (AvgIpc) is 2.80. The summed E-state index contributed by atoms with van der Waals surface area (Å²) in [5.74, 6) is 0.0628. The number of hydrogen-bond donors (Lipinski definition) is 2. The van der Waals surface area contributed by atoms with Gasteiger partial charge in [0.2, 0.25) is 5.91 Å². The molecule has 1 aliphatic rings. The number of carbonyl (C=O) groups is 1. The molecule has 4 heteroatoms. The third-order valence-corrected chi connectivity index (χ3v) is 3.47. The van der Waals surface area contributed by atoms with Gasteiger partial charge in [0, 0.05) is 25.2 Å². The molecule has 0 spiro atoms. The largest absolute Gasteiger partial charge is 0.330 e. The van der Waals surface area contributed by atoms with E-state index < -0.39 is 0 Å². The predicted octanol–water partition coefficient (Wildman–Crippen LogP) is 2.09. The number of nitrogens with one attached hydrogen (secondary N) is 1. The van der Waals surface area contributed by atoms with Crippen molar-refractivity contribution in [3.8, 4) is 0 Å². The Bertz CT molecular complexity index is 445. The summed E-state index contributed by atoms with van der Waals surface area (Å²) in [7, 11) is 0. The van der Waals surface area contributed by atoms with Crippen molar-refractivity contribution in [3.63, 3.8) is 0 Å². The zero-order valence-electron chi connectivity index (χ0n) is 11.6. The Balaban J connectivity index is 2.04. The van der Waals surface area contributed by atoms with Gasteiger partial charge in [-0.3, -0.25) is 9.69 Å². The van der Waals surface area contributed by atoms with Crippen LogP contribution in [0.5, 0.6) is 0 Å². The number of carbonyl (C=O) groups excluding carboxylic acids is 1. The Hall–Kier alpha value is -1.39. The molecule has 0 aromatic heterocycles. The van der Waals surface area contributed by atoms with E-state index in [0.717, 1.165) is 38.2 Å². The quantitative estimate of drug-likeness (QED) is 0.824. The van der Waals surface area contributed by atoms with Crippen LogP contribution in [0, 0.1) is 0 Å². The van der Waals surface area contributed by atoms with Gasteiger partial charge >= 0.3 is 0 Å². The molecule has 0 saturated carbocycles. The van der Waals surface area contributed by atoms with Crippen LogP contribution in [0.15, 0.2) is 18.2 Å². The second-order valence-corrected chi connectivity index (χ2v) is 5.09. The van der Waals surface area contributed by atoms with Crippen LogP contribution in [0.2, 0.25) is 0 Å². The molecule has 0 bridgehead atoms. The highest BCUT2D eigenvalue weighted by Gasteiger charge is 2.21. The highest BCUT2D eigenvalue weighted by Crippen LogP contribution is 2.29. The lowest BCUT2D eigenvalue weighted by molar-refractivity contribution is -0.116. The molecule has 4 nitrogen and oxygen atoms in total. The van der Waals surface area contributed by atoms with Gasteiger partial charge in [-0.05, 0) is 43.1 Å². The standard InChI is InChI=1S/C15H23N3O/c1-2-9-18-10-12-5-3-6-14(13(12)11-18)17-15(19)7-4-8-16/h3,5-6H,2,4,7-11,16H2,1H3,(H,17,19). The first kappa shape index (κ1) is 14.0. The van der Waals surface area contributed by atoms with Gasteiger partial charge in [0.15, 0.2) is 0 Å². The molecule has 0 saturated heterocycles. The lowest BCUT2D eigenvalue weighted by Crippen LogP contribution is -2.17. The topological polar surface area (TPSA) is 58.4 Å². The van der Waals surface area contributed by atoms with Gasteiger partial charge in [0.1, 0.15) is 0 Å². The molecular formula is C15H23N3O. The maximum Gasteiger partial charge on any atom is 0.224 e. The molecular weight excluding hydrogens is 238 g/mol. The van der Waals surface area contributed by atoms with E-state index in [0.29, 0.717) is 13.0 Å². The minimum atomic E-state index is 0.0628. The van der Waals surface area contributed by atoms with Crippen molar-refractivity contribution in [2.24, 2.45) is 5.73 Å². The molecule has 0 fully saturated rings. The highest BCUT2D eigenvalue weighted by atomic mass is 16.1. The highest BCUT2D eigenvalue weighted by molar-refractivity contribution is 5.91. The van der Waals surface area contributed by atoms with Gasteiger partial charge in [0.25, 0.3) is 0 Å². The summed E-state index contributed by atoms with van der Waals surface area (Å²) in [5.41, 5.74) is 9.01. The molecule has 3 N–H and O–H groups in total. The zero-order chi connectivity index (χ0) is 13.7. The molecule has 0 aliphatic carbocycles. The fourth-order valence-corrected chi connectivity index (χ4v) is 2.56. The summed E-state index contributed by atoms with van der Waals surface area (Å²) >= 11 is 0. The van der Waals surface area contributed by atoms with Crippen LogP contribution in [-0.4, -0.2) is 23.9 Å². The Kier molecular flexibility index (Phi) is 4.93. The van der Waals surface area contributed by atoms with Crippen molar-refractivity contribution in [2.45, 2.75) is 39.3 Å². The van der Waals surface area contributed by atoms with Crippen molar-refractivity contribution in [3.05, 3.63) is 29.3 Å². The molecule has 1 aromatic carbocycles. The van der Waals surface area contributed by atoms with E-state index >= 15 is 0 Å². The monoisotopic (exact) mass is 261 g/mol. The molecule has 19 heavy (non-hydrogen) atoms. The minimum absolute atomic E-state index is 0.0628. The fraction of sp³-hybridized carbons (Fsp3) is 0.533. The van der Waals surface area contributed by atoms with Crippen LogP contribution < -0.4 is 11.1 Å². The fourth-order valence-electron chi connectivity index (χ4n) is 2.56. The van der Waals surface area contributed by atoms with Crippen molar-refractivity contribution >= 4 is 11.6 Å². The molecule has 0 atom stereocenters. The van der Waals surface area contributed by atoms with Gasteiger partial charge in [-0.1, -0.05) is 19.1 Å². The Morgan fingerprint density at radius 1 is 1.42 bits per heavy atom. The molecule has 1 amide bonds. The van der Waals surface area contributed by atoms with Gasteiger partial charge in [-0.15, -0.1) is 0 Å². The third-order valence-electron chi connectivity index (χ3n) is 3.47. The third kappa shape index (κ3) is 3.55. The Morgan fingerprint density at radius 3 is 3.00 bits per heavy atom. The van der Waals surface area contributed by atoms with Gasteiger partial charge < -0.3 is 11.1 Å². The van der Waals surface area contributed by atoms with Gasteiger partial charge in [-0.2, -0.15) is 0 Å². The van der Waals surface area contributed by atoms with Crippen LogP contribution >= 0.6 is 0 Å². The summed E-state index contributed by atoms with van der Waals surface area (Å²) in [6, 6.07) is 6.17. The van der Waals surface area contributed by atoms with Gasteiger partial charge in [0.05, 0.1) is 0 Å². The normalized spacial score (nSPS) is 14.4. The lowest BCUT2D eigenvalue weighted by Gasteiger charge is -2.13. The summed E-state index contributed by atoms with van der Waals surface area (Å²) in [4.78, 5) is 14.2. The lowest BCUT2D eigenvalue weighted by atomic mass is 10.1. The van der Waals surface area contributed by atoms with Crippen molar-refractivity contribution < 1.29 is 4.79 Å². The van der Waals surface area contributed by atoms with Crippen LogP contribution in [-0.2, 0) is 17.9 Å². The number of anilines is 1. The molecule has 104 valence electrons. The van der Waals surface area contributed by atoms with E-state index in [1.54, 1.807) is 0 Å². The second-order valence-electron chi connectivity index (χ2n) is 5.09. The van der Waals surface area contributed by atoms with E-state index in [4.69, 9.17) is 5.73 Å². The van der Waals surface area contributed by atoms with Crippen molar-refractivity contribution in [1.29, 1.82) is 0 Å². The first-order valence-corrected chi connectivity index (χ1v) is 7.07. The van der Waals surface area contributed by atoms with E-state index in [1.807, 2.05) is 12.1 Å². The zero-order valence-corrected chi connectivity index (χ0v) is 11.6. The molecule has 2 rings (SSSR count). The average molecular weight is 261 g/mol. The van der Waals surface area contributed by atoms with E-state index in [9.17, 15) is 4.79 Å².